The molecule has 0 N–H and O–H groups in total. The standard InChI is InChI=1S/C46H88O6/c1-5-8-10-12-14-16-17-18-19-21-25-29-33-37-44(47)50-40-43(52-46(49)39-35-31-27-20-15-13-11-9-6-2)41-51-45(48)38-34-30-26-23-22-24-28-32-36-42(4)7-3/h42-43H,5-41H2,1-4H3/t42?,43-/m0/s1. The van der Waals surface area contributed by atoms with Crippen molar-refractivity contribution in [3.05, 3.63) is 0 Å². The maximum atomic E-state index is 12.7. The molecule has 2 atom stereocenters. The molecule has 0 aliphatic rings. The summed E-state index contributed by atoms with van der Waals surface area (Å²) in [5.41, 5.74) is 0. The van der Waals surface area contributed by atoms with Crippen LogP contribution in [-0.2, 0) is 28.6 Å². The maximum Gasteiger partial charge on any atom is 0.306 e. The molecule has 0 saturated carbocycles. The van der Waals surface area contributed by atoms with Gasteiger partial charge in [-0.25, -0.2) is 0 Å². The molecule has 0 radical (unpaired) electrons. The van der Waals surface area contributed by atoms with E-state index in [0.29, 0.717) is 19.3 Å². The summed E-state index contributed by atoms with van der Waals surface area (Å²) >= 11 is 0. The van der Waals surface area contributed by atoms with E-state index in [-0.39, 0.29) is 31.1 Å². The predicted molar refractivity (Wildman–Crippen MR) is 220 cm³/mol. The summed E-state index contributed by atoms with van der Waals surface area (Å²) in [6, 6.07) is 0. The lowest BCUT2D eigenvalue weighted by atomic mass is 9.99. The van der Waals surface area contributed by atoms with E-state index in [1.54, 1.807) is 0 Å². The van der Waals surface area contributed by atoms with Crippen LogP contribution in [0.2, 0.25) is 0 Å². The van der Waals surface area contributed by atoms with Crippen LogP contribution in [0.4, 0.5) is 0 Å². The molecular weight excluding hydrogens is 648 g/mol. The Morgan fingerprint density at radius 3 is 1.00 bits per heavy atom. The minimum Gasteiger partial charge on any atom is -0.462 e. The largest absolute Gasteiger partial charge is 0.462 e. The van der Waals surface area contributed by atoms with E-state index in [1.165, 1.54) is 148 Å². The third-order valence-corrected chi connectivity index (χ3v) is 10.7. The summed E-state index contributed by atoms with van der Waals surface area (Å²) in [5.74, 6) is -0.00919. The Balaban J connectivity index is 4.31. The highest BCUT2D eigenvalue weighted by Crippen LogP contribution is 2.17. The van der Waals surface area contributed by atoms with Gasteiger partial charge in [-0.2, -0.15) is 0 Å². The topological polar surface area (TPSA) is 78.9 Å². The van der Waals surface area contributed by atoms with Gasteiger partial charge in [-0.05, 0) is 25.2 Å². The van der Waals surface area contributed by atoms with Gasteiger partial charge in [0.15, 0.2) is 6.10 Å². The van der Waals surface area contributed by atoms with Crippen molar-refractivity contribution in [1.82, 2.24) is 0 Å². The molecule has 0 rings (SSSR count). The van der Waals surface area contributed by atoms with E-state index in [4.69, 9.17) is 14.2 Å². The van der Waals surface area contributed by atoms with Gasteiger partial charge in [-0.3, -0.25) is 14.4 Å². The summed E-state index contributed by atoms with van der Waals surface area (Å²) in [6.07, 6.45) is 39.4. The maximum absolute atomic E-state index is 12.7. The van der Waals surface area contributed by atoms with Gasteiger partial charge < -0.3 is 14.2 Å². The second-order valence-corrected chi connectivity index (χ2v) is 15.9. The van der Waals surface area contributed by atoms with E-state index < -0.39 is 6.10 Å². The van der Waals surface area contributed by atoms with Crippen LogP contribution >= 0.6 is 0 Å². The van der Waals surface area contributed by atoms with Crippen LogP contribution in [-0.4, -0.2) is 37.2 Å². The summed E-state index contributed by atoms with van der Waals surface area (Å²) < 4.78 is 16.7. The van der Waals surface area contributed by atoms with Crippen LogP contribution in [0.1, 0.15) is 252 Å². The fourth-order valence-electron chi connectivity index (χ4n) is 6.77. The Labute approximate surface area is 323 Å². The molecule has 6 nitrogen and oxygen atoms in total. The molecule has 0 aromatic heterocycles. The minimum atomic E-state index is -0.758. The van der Waals surface area contributed by atoms with Gasteiger partial charge in [-0.15, -0.1) is 0 Å². The molecule has 0 aliphatic carbocycles. The zero-order valence-corrected chi connectivity index (χ0v) is 35.3. The van der Waals surface area contributed by atoms with E-state index in [2.05, 4.69) is 27.7 Å². The average Bonchev–Trinajstić information content (AvgIpc) is 3.14. The highest BCUT2D eigenvalue weighted by atomic mass is 16.6. The zero-order valence-electron chi connectivity index (χ0n) is 35.3. The fraction of sp³-hybridized carbons (Fsp3) is 0.935. The zero-order chi connectivity index (χ0) is 38.2. The second kappa shape index (κ2) is 40.6. The van der Waals surface area contributed by atoms with Crippen LogP contribution < -0.4 is 0 Å². The van der Waals surface area contributed by atoms with Gasteiger partial charge in [0.2, 0.25) is 0 Å². The Kier molecular flexibility index (Phi) is 39.4. The Morgan fingerprint density at radius 2 is 0.673 bits per heavy atom. The molecule has 0 aliphatic heterocycles. The molecule has 0 saturated heterocycles. The number of hydrogen-bond acceptors (Lipinski definition) is 6. The quantitative estimate of drug-likeness (QED) is 0.0353. The SMILES string of the molecule is CCCCCCCCCCCCCCCC(=O)OC[C@@H](COC(=O)CCCCCCCCCCC(C)CC)OC(=O)CCCCCCCCCCC. The second-order valence-electron chi connectivity index (χ2n) is 15.9. The lowest BCUT2D eigenvalue weighted by Crippen LogP contribution is -2.30. The van der Waals surface area contributed by atoms with Gasteiger partial charge in [0.25, 0.3) is 0 Å². The average molecular weight is 737 g/mol. The lowest BCUT2D eigenvalue weighted by molar-refractivity contribution is -0.167. The van der Waals surface area contributed by atoms with Crippen molar-refractivity contribution < 1.29 is 28.6 Å². The number of unbranched alkanes of at least 4 members (excludes halogenated alkanes) is 27. The van der Waals surface area contributed by atoms with Crippen molar-refractivity contribution in [2.45, 2.75) is 259 Å². The number of hydrogen-bond donors (Lipinski definition) is 0. The minimum absolute atomic E-state index is 0.0641. The number of ether oxygens (including phenoxy) is 3. The molecule has 0 fully saturated rings. The third kappa shape index (κ3) is 38.1. The number of carbonyl (C=O) groups excluding carboxylic acids is 3. The van der Waals surface area contributed by atoms with Crippen LogP contribution in [0.25, 0.3) is 0 Å². The van der Waals surface area contributed by atoms with Crippen molar-refractivity contribution in [3.8, 4) is 0 Å². The molecule has 0 bridgehead atoms. The first-order valence-corrected chi connectivity index (χ1v) is 22.9. The number of esters is 3. The first-order chi connectivity index (χ1) is 25.4. The van der Waals surface area contributed by atoms with E-state index in [1.807, 2.05) is 0 Å². The Morgan fingerprint density at radius 1 is 0.385 bits per heavy atom. The van der Waals surface area contributed by atoms with Crippen molar-refractivity contribution in [2.75, 3.05) is 13.2 Å². The summed E-state index contributed by atoms with van der Waals surface area (Å²) in [6.45, 7) is 8.98. The third-order valence-electron chi connectivity index (χ3n) is 10.7. The van der Waals surface area contributed by atoms with E-state index in [9.17, 15) is 14.4 Å². The van der Waals surface area contributed by atoms with Crippen LogP contribution in [0, 0.1) is 5.92 Å². The molecule has 0 aromatic carbocycles. The van der Waals surface area contributed by atoms with E-state index in [0.717, 1.165) is 63.7 Å². The normalized spacial score (nSPS) is 12.5. The van der Waals surface area contributed by atoms with Gasteiger partial charge in [0.1, 0.15) is 13.2 Å². The van der Waals surface area contributed by atoms with Crippen molar-refractivity contribution in [1.29, 1.82) is 0 Å². The lowest BCUT2D eigenvalue weighted by Gasteiger charge is -2.18. The van der Waals surface area contributed by atoms with E-state index >= 15 is 0 Å². The van der Waals surface area contributed by atoms with Gasteiger partial charge in [0, 0.05) is 19.3 Å². The van der Waals surface area contributed by atoms with Crippen molar-refractivity contribution in [2.24, 2.45) is 5.92 Å². The summed E-state index contributed by atoms with van der Waals surface area (Å²) in [4.78, 5) is 37.6. The monoisotopic (exact) mass is 737 g/mol. The predicted octanol–water partition coefficient (Wildman–Crippen LogP) is 14.3. The number of carbonyl (C=O) groups is 3. The first-order valence-electron chi connectivity index (χ1n) is 22.9. The Hall–Kier alpha value is -1.59. The van der Waals surface area contributed by atoms with Gasteiger partial charge >= 0.3 is 17.9 Å². The molecule has 0 aromatic rings. The number of rotatable bonds is 41. The van der Waals surface area contributed by atoms with Crippen molar-refractivity contribution >= 4 is 17.9 Å². The summed E-state index contributed by atoms with van der Waals surface area (Å²) in [7, 11) is 0. The molecule has 0 amide bonds. The highest BCUT2D eigenvalue weighted by Gasteiger charge is 2.19. The highest BCUT2D eigenvalue weighted by molar-refractivity contribution is 5.71. The Bertz CT molecular complexity index is 783. The van der Waals surface area contributed by atoms with Crippen LogP contribution in [0.3, 0.4) is 0 Å². The molecule has 6 heteroatoms. The molecule has 308 valence electrons. The fourth-order valence-corrected chi connectivity index (χ4v) is 6.77. The smallest absolute Gasteiger partial charge is 0.306 e. The van der Waals surface area contributed by atoms with Crippen molar-refractivity contribution in [3.63, 3.8) is 0 Å². The van der Waals surface area contributed by atoms with Crippen LogP contribution in [0.15, 0.2) is 0 Å². The molecule has 0 spiro atoms. The first kappa shape index (κ1) is 50.4. The molecule has 0 heterocycles. The summed E-state index contributed by atoms with van der Waals surface area (Å²) in [5, 5.41) is 0. The van der Waals surface area contributed by atoms with Gasteiger partial charge in [0.05, 0.1) is 0 Å². The molecule has 1 unspecified atom stereocenters. The molecular formula is C46H88O6. The molecule has 52 heavy (non-hydrogen) atoms. The van der Waals surface area contributed by atoms with Crippen LogP contribution in [0.5, 0.6) is 0 Å². The van der Waals surface area contributed by atoms with Gasteiger partial charge in [-0.1, -0.05) is 214 Å².